The summed E-state index contributed by atoms with van der Waals surface area (Å²) in [5, 5.41) is 11.2. The van der Waals surface area contributed by atoms with E-state index in [1.54, 1.807) is 0 Å². The standard InChI is InChI=1S/C18H13ClF3N3O3S/c19-14-6-5-11(9-15(14)25(27)28)16(26)24-7-2-8-29-17(24)23-13-4-1-3-12(10-13)18(20,21)22/h1,3-6,9-10H,2,7-8H2. The van der Waals surface area contributed by atoms with E-state index in [2.05, 4.69) is 4.99 Å². The second-order valence-electron chi connectivity index (χ2n) is 6.02. The van der Waals surface area contributed by atoms with E-state index in [0.717, 1.165) is 18.2 Å². The van der Waals surface area contributed by atoms with Gasteiger partial charge in [-0.2, -0.15) is 13.2 Å². The van der Waals surface area contributed by atoms with E-state index in [1.807, 2.05) is 0 Å². The van der Waals surface area contributed by atoms with Gasteiger partial charge < -0.3 is 0 Å². The molecule has 0 bridgehead atoms. The van der Waals surface area contributed by atoms with Crippen molar-refractivity contribution in [2.75, 3.05) is 12.3 Å². The van der Waals surface area contributed by atoms with E-state index >= 15 is 0 Å². The molecule has 2 aromatic rings. The number of carbonyl (C=O) groups is 1. The summed E-state index contributed by atoms with van der Waals surface area (Å²) < 4.78 is 38.8. The smallest absolute Gasteiger partial charge is 0.287 e. The Morgan fingerprint density at radius 1 is 1.24 bits per heavy atom. The Balaban J connectivity index is 1.94. The number of nitro benzene ring substituents is 1. The van der Waals surface area contributed by atoms with Gasteiger partial charge in [0.2, 0.25) is 0 Å². The molecule has 1 aliphatic heterocycles. The zero-order valence-corrected chi connectivity index (χ0v) is 16.2. The van der Waals surface area contributed by atoms with E-state index in [4.69, 9.17) is 11.6 Å². The van der Waals surface area contributed by atoms with Gasteiger partial charge in [0.1, 0.15) is 5.02 Å². The minimum atomic E-state index is -4.51. The molecule has 1 heterocycles. The van der Waals surface area contributed by atoms with Crippen LogP contribution in [0.1, 0.15) is 22.3 Å². The molecule has 1 aliphatic rings. The molecule has 0 aromatic heterocycles. The fraction of sp³-hybridized carbons (Fsp3) is 0.222. The summed E-state index contributed by atoms with van der Waals surface area (Å²) in [6, 6.07) is 8.18. The van der Waals surface area contributed by atoms with Crippen LogP contribution in [-0.4, -0.2) is 33.2 Å². The van der Waals surface area contributed by atoms with Crippen LogP contribution in [-0.2, 0) is 6.18 Å². The maximum Gasteiger partial charge on any atom is 0.416 e. The van der Waals surface area contributed by atoms with Crippen LogP contribution in [0.15, 0.2) is 47.5 Å². The average Bonchev–Trinajstić information content (AvgIpc) is 2.67. The van der Waals surface area contributed by atoms with Crippen molar-refractivity contribution in [3.05, 3.63) is 68.7 Å². The summed E-state index contributed by atoms with van der Waals surface area (Å²) in [5.74, 6) is 0.102. The van der Waals surface area contributed by atoms with Gasteiger partial charge in [0.25, 0.3) is 11.6 Å². The van der Waals surface area contributed by atoms with Crippen molar-refractivity contribution in [2.45, 2.75) is 12.6 Å². The molecular formula is C18H13ClF3N3O3S. The number of amidine groups is 1. The Kier molecular flexibility index (Phi) is 6.13. The lowest BCUT2D eigenvalue weighted by molar-refractivity contribution is -0.384. The maximum atomic E-state index is 12.9. The number of thioether (sulfide) groups is 1. The van der Waals surface area contributed by atoms with Crippen molar-refractivity contribution >= 4 is 45.8 Å². The molecule has 11 heteroatoms. The maximum absolute atomic E-state index is 12.9. The highest BCUT2D eigenvalue weighted by Gasteiger charge is 2.31. The van der Waals surface area contributed by atoms with E-state index in [-0.39, 0.29) is 21.4 Å². The topological polar surface area (TPSA) is 75.8 Å². The minimum absolute atomic E-state index is 0.0420. The van der Waals surface area contributed by atoms with Gasteiger partial charge in [-0.05, 0) is 36.8 Å². The van der Waals surface area contributed by atoms with Crippen molar-refractivity contribution in [3.8, 4) is 0 Å². The first-order valence-corrected chi connectivity index (χ1v) is 9.68. The largest absolute Gasteiger partial charge is 0.416 e. The predicted octanol–water partition coefficient (Wildman–Crippen LogP) is 5.53. The van der Waals surface area contributed by atoms with Crippen molar-refractivity contribution in [3.63, 3.8) is 0 Å². The quantitative estimate of drug-likeness (QED) is 0.461. The van der Waals surface area contributed by atoms with Crippen molar-refractivity contribution in [1.29, 1.82) is 0 Å². The molecule has 29 heavy (non-hydrogen) atoms. The second kappa shape index (κ2) is 8.42. The van der Waals surface area contributed by atoms with Crippen LogP contribution >= 0.6 is 23.4 Å². The summed E-state index contributed by atoms with van der Waals surface area (Å²) in [6.07, 6.45) is -3.86. The Morgan fingerprint density at radius 3 is 2.69 bits per heavy atom. The number of carbonyl (C=O) groups excluding carboxylic acids is 1. The lowest BCUT2D eigenvalue weighted by atomic mass is 10.1. The third kappa shape index (κ3) is 4.88. The molecule has 0 unspecified atom stereocenters. The summed E-state index contributed by atoms with van der Waals surface area (Å²) >= 11 is 7.01. The predicted molar refractivity (Wildman–Crippen MR) is 105 cm³/mol. The summed E-state index contributed by atoms with van der Waals surface area (Å²) in [4.78, 5) is 28.8. The van der Waals surface area contributed by atoms with Crippen LogP contribution < -0.4 is 0 Å². The molecule has 0 radical (unpaired) electrons. The van der Waals surface area contributed by atoms with Gasteiger partial charge in [-0.3, -0.25) is 19.8 Å². The molecule has 6 nitrogen and oxygen atoms in total. The SMILES string of the molecule is O=C(c1ccc(Cl)c([N+](=O)[O-])c1)N1CCCSC1=Nc1cccc(C(F)(F)F)c1. The Hall–Kier alpha value is -2.59. The molecule has 1 fully saturated rings. The molecule has 3 rings (SSSR count). The Morgan fingerprint density at radius 2 is 2.00 bits per heavy atom. The third-order valence-electron chi connectivity index (χ3n) is 4.02. The number of aliphatic imine (C=N–C) groups is 1. The molecule has 0 atom stereocenters. The number of benzene rings is 2. The van der Waals surface area contributed by atoms with E-state index in [0.29, 0.717) is 18.7 Å². The van der Waals surface area contributed by atoms with Crippen LogP contribution in [0, 0.1) is 10.1 Å². The highest BCUT2D eigenvalue weighted by molar-refractivity contribution is 8.13. The van der Waals surface area contributed by atoms with Gasteiger partial charge in [0.15, 0.2) is 5.17 Å². The fourth-order valence-electron chi connectivity index (χ4n) is 2.64. The molecule has 0 spiro atoms. The number of amides is 1. The molecule has 0 saturated carbocycles. The van der Waals surface area contributed by atoms with Crippen molar-refractivity contribution in [2.24, 2.45) is 4.99 Å². The van der Waals surface area contributed by atoms with Gasteiger partial charge in [-0.1, -0.05) is 29.4 Å². The molecule has 1 saturated heterocycles. The Bertz CT molecular complexity index is 998. The number of nitrogens with zero attached hydrogens (tertiary/aromatic N) is 3. The number of hydrogen-bond acceptors (Lipinski definition) is 5. The van der Waals surface area contributed by atoms with Crippen molar-refractivity contribution < 1.29 is 22.9 Å². The van der Waals surface area contributed by atoms with Crippen LogP contribution in [0.2, 0.25) is 5.02 Å². The first kappa shape index (κ1) is 21.1. The fourth-order valence-corrected chi connectivity index (χ4v) is 3.79. The van der Waals surface area contributed by atoms with Gasteiger partial charge in [0, 0.05) is 23.9 Å². The van der Waals surface area contributed by atoms with Crippen LogP contribution in [0.5, 0.6) is 0 Å². The Labute approximate surface area is 172 Å². The average molecular weight is 444 g/mol. The number of alkyl halides is 3. The summed E-state index contributed by atoms with van der Waals surface area (Å²) in [6.45, 7) is 0.292. The lowest BCUT2D eigenvalue weighted by Crippen LogP contribution is -2.39. The highest BCUT2D eigenvalue weighted by Crippen LogP contribution is 2.33. The minimum Gasteiger partial charge on any atom is -0.287 e. The van der Waals surface area contributed by atoms with Gasteiger partial charge in [-0.25, -0.2) is 4.99 Å². The second-order valence-corrected chi connectivity index (χ2v) is 7.49. The number of hydrogen-bond donors (Lipinski definition) is 0. The van der Waals surface area contributed by atoms with Crippen LogP contribution in [0.25, 0.3) is 0 Å². The first-order chi connectivity index (χ1) is 13.7. The molecule has 0 aliphatic carbocycles. The van der Waals surface area contributed by atoms with E-state index in [1.165, 1.54) is 40.9 Å². The van der Waals surface area contributed by atoms with Gasteiger partial charge >= 0.3 is 6.18 Å². The first-order valence-electron chi connectivity index (χ1n) is 8.31. The van der Waals surface area contributed by atoms with E-state index < -0.39 is 28.3 Å². The van der Waals surface area contributed by atoms with Crippen LogP contribution in [0.4, 0.5) is 24.5 Å². The zero-order chi connectivity index (χ0) is 21.2. The molecule has 152 valence electrons. The number of halogens is 4. The van der Waals surface area contributed by atoms with Gasteiger partial charge in [0.05, 0.1) is 16.2 Å². The van der Waals surface area contributed by atoms with E-state index in [9.17, 15) is 28.1 Å². The number of nitro groups is 1. The highest BCUT2D eigenvalue weighted by atomic mass is 35.5. The summed E-state index contributed by atoms with van der Waals surface area (Å²) in [7, 11) is 0. The lowest BCUT2D eigenvalue weighted by Gasteiger charge is -2.27. The van der Waals surface area contributed by atoms with Gasteiger partial charge in [-0.15, -0.1) is 0 Å². The monoisotopic (exact) mass is 443 g/mol. The van der Waals surface area contributed by atoms with Crippen molar-refractivity contribution in [1.82, 2.24) is 4.90 Å². The molecule has 2 aromatic carbocycles. The normalized spacial score (nSPS) is 16.1. The number of rotatable bonds is 3. The third-order valence-corrected chi connectivity index (χ3v) is 5.40. The van der Waals surface area contributed by atoms with Crippen LogP contribution in [0.3, 0.4) is 0 Å². The molecular weight excluding hydrogens is 431 g/mol. The molecule has 0 N–H and O–H groups in total. The summed E-state index contributed by atoms with van der Waals surface area (Å²) in [5.41, 5.74) is -1.14. The zero-order valence-electron chi connectivity index (χ0n) is 14.6. The molecule has 1 amide bonds.